The van der Waals surface area contributed by atoms with Crippen molar-refractivity contribution < 1.29 is 25.9 Å². The van der Waals surface area contributed by atoms with Crippen molar-refractivity contribution in [3.63, 3.8) is 0 Å². The number of fused-ring (bicyclic) bond motifs is 4. The van der Waals surface area contributed by atoms with Crippen LogP contribution in [0.25, 0.3) is 83.6 Å². The van der Waals surface area contributed by atoms with Gasteiger partial charge in [-0.25, -0.2) is 0 Å². The van der Waals surface area contributed by atoms with E-state index < -0.39 is 14.0 Å². The predicted octanol–water partition coefficient (Wildman–Crippen LogP) is 16.2. The van der Waals surface area contributed by atoms with Crippen LogP contribution < -0.4 is 5.19 Å². The topological polar surface area (TPSA) is 43.9 Å². The maximum atomic E-state index is 8.44. The summed E-state index contributed by atoms with van der Waals surface area (Å²) >= 11 is 0. The average molecular weight is 1060 g/mol. The fraction of sp³-hybridized carbons (Fsp3) is 0.200. The number of pyridine rings is 1. The number of imidazole rings is 1. The molecule has 4 nitrogen and oxygen atoms in total. The molecule has 333 valence electrons. The van der Waals surface area contributed by atoms with Gasteiger partial charge in [0.15, 0.2) is 0 Å². The summed E-state index contributed by atoms with van der Waals surface area (Å²) in [5.41, 5.74) is 16.1. The second kappa shape index (κ2) is 19.3. The van der Waals surface area contributed by atoms with E-state index in [4.69, 9.17) is 10.8 Å². The van der Waals surface area contributed by atoms with Crippen molar-refractivity contribution in [1.82, 2.24) is 14.5 Å². The zero-order valence-corrected chi connectivity index (χ0v) is 42.7. The maximum absolute atomic E-state index is 8.44. The molecule has 0 N–H and O–H groups in total. The van der Waals surface area contributed by atoms with Gasteiger partial charge >= 0.3 is 0 Å². The Balaban J connectivity index is 0.000000244. The van der Waals surface area contributed by atoms with Crippen molar-refractivity contribution in [2.24, 2.45) is 0 Å². The van der Waals surface area contributed by atoms with E-state index in [0.29, 0.717) is 11.8 Å². The van der Waals surface area contributed by atoms with Crippen LogP contribution in [-0.4, -0.2) is 22.6 Å². The Kier molecular flexibility index (Phi) is 13.2. The van der Waals surface area contributed by atoms with Crippen molar-refractivity contribution in [1.29, 1.82) is 0 Å². The van der Waals surface area contributed by atoms with Gasteiger partial charge in [-0.1, -0.05) is 169 Å². The third kappa shape index (κ3) is 9.15. The Morgan fingerprint density at radius 2 is 1.26 bits per heavy atom. The van der Waals surface area contributed by atoms with Crippen molar-refractivity contribution >= 4 is 46.2 Å². The van der Waals surface area contributed by atoms with Crippen LogP contribution in [0.2, 0.25) is 19.6 Å². The molecule has 10 rings (SSSR count). The first-order chi connectivity index (χ1) is 31.7. The van der Waals surface area contributed by atoms with Gasteiger partial charge in [-0.05, 0) is 92.3 Å². The number of para-hydroxylation sites is 3. The quantitative estimate of drug-likeness (QED) is 0.107. The first kappa shape index (κ1) is 45.0. The van der Waals surface area contributed by atoms with E-state index in [0.717, 1.165) is 66.7 Å². The molecule has 0 amide bonds. The van der Waals surface area contributed by atoms with E-state index in [2.05, 4.69) is 196 Å². The molecular weight excluding hydrogens is 999 g/mol. The normalized spacial score (nSPS) is 12.1. The minimum Gasteiger partial charge on any atom is -0.501 e. The van der Waals surface area contributed by atoms with Crippen LogP contribution in [0.5, 0.6) is 0 Å². The molecule has 0 aliphatic heterocycles. The fourth-order valence-electron chi connectivity index (χ4n) is 8.95. The molecule has 0 saturated heterocycles. The summed E-state index contributed by atoms with van der Waals surface area (Å²) in [5.74, 6) is 0.916. The number of furan rings is 1. The second-order valence-electron chi connectivity index (χ2n) is 18.9. The first-order valence-electron chi connectivity index (χ1n) is 23.3. The summed E-state index contributed by atoms with van der Waals surface area (Å²) in [5, 5.41) is 3.42. The zero-order chi connectivity index (χ0) is 46.3. The second-order valence-corrected chi connectivity index (χ2v) is 23.9. The van der Waals surface area contributed by atoms with Crippen molar-refractivity contribution in [2.75, 3.05) is 0 Å². The molecule has 7 aromatic carbocycles. The van der Waals surface area contributed by atoms with Gasteiger partial charge in [0, 0.05) is 38.7 Å². The van der Waals surface area contributed by atoms with E-state index in [1.165, 1.54) is 38.7 Å². The van der Waals surface area contributed by atoms with E-state index in [9.17, 15) is 0 Å². The molecule has 0 spiro atoms. The maximum Gasteiger partial charge on any atom is 0.120 e. The SMILES string of the molecule is CC(C)c1cccc(C(C)C)c1-n1c(-c2[c-]ccc3c2oc2ccc(-c4cccc(-c5ccccc5)c4)cc23)nc2ccccc21.[2H]C(C)(C)c1cc(-c2[c-]cccc2)ncc1[Si](C)(C)C.[Ir]. The van der Waals surface area contributed by atoms with Gasteiger partial charge < -0.3 is 14.0 Å². The first-order valence-corrected chi connectivity index (χ1v) is 26.3. The van der Waals surface area contributed by atoms with Gasteiger partial charge in [0.25, 0.3) is 0 Å². The third-order valence-corrected chi connectivity index (χ3v) is 14.3. The summed E-state index contributed by atoms with van der Waals surface area (Å²) in [6.07, 6.45) is 1.98. The summed E-state index contributed by atoms with van der Waals surface area (Å²) in [7, 11) is -1.50. The average Bonchev–Trinajstić information content (AvgIpc) is 3.90. The molecule has 0 fully saturated rings. The minimum absolute atomic E-state index is 0. The molecule has 10 aromatic rings. The summed E-state index contributed by atoms with van der Waals surface area (Å²) < 4.78 is 17.5. The molecule has 3 heterocycles. The van der Waals surface area contributed by atoms with Gasteiger partial charge in [-0.3, -0.25) is 4.98 Å². The van der Waals surface area contributed by atoms with Crippen LogP contribution in [0.1, 0.15) is 77.3 Å². The van der Waals surface area contributed by atoms with Crippen LogP contribution >= 0.6 is 0 Å². The number of rotatable bonds is 9. The largest absolute Gasteiger partial charge is 0.501 e. The van der Waals surface area contributed by atoms with Crippen molar-refractivity contribution in [3.05, 3.63) is 193 Å². The molecule has 66 heavy (non-hydrogen) atoms. The smallest absolute Gasteiger partial charge is 0.120 e. The summed E-state index contributed by atoms with van der Waals surface area (Å²) in [4.78, 5) is 9.87. The van der Waals surface area contributed by atoms with Gasteiger partial charge in [0.1, 0.15) is 5.58 Å². The Hall–Kier alpha value is -6.17. The molecule has 3 aromatic heterocycles. The Morgan fingerprint density at radius 1 is 0.606 bits per heavy atom. The van der Waals surface area contributed by atoms with Gasteiger partial charge in [0.2, 0.25) is 0 Å². The van der Waals surface area contributed by atoms with Gasteiger partial charge in [0.05, 0.1) is 30.5 Å². The van der Waals surface area contributed by atoms with Crippen LogP contribution in [0.3, 0.4) is 0 Å². The van der Waals surface area contributed by atoms with Crippen LogP contribution in [0, 0.1) is 12.1 Å². The van der Waals surface area contributed by atoms with E-state index in [1.54, 1.807) is 0 Å². The number of nitrogens with zero attached hydrogens (tertiary/aromatic N) is 3. The predicted molar refractivity (Wildman–Crippen MR) is 277 cm³/mol. The number of hydrogen-bond acceptors (Lipinski definition) is 3. The molecule has 0 aliphatic carbocycles. The Labute approximate surface area is 406 Å². The summed E-state index contributed by atoms with van der Waals surface area (Å²) in [6, 6.07) is 61.7. The van der Waals surface area contributed by atoms with Crippen LogP contribution in [-0.2, 0) is 20.1 Å². The Bertz CT molecular complexity index is 3310. The van der Waals surface area contributed by atoms with Crippen LogP contribution in [0.4, 0.5) is 0 Å². The minimum atomic E-state index is -1.50. The van der Waals surface area contributed by atoms with Gasteiger partial charge in [-0.2, -0.15) is 0 Å². The Morgan fingerprint density at radius 3 is 1.94 bits per heavy atom. The van der Waals surface area contributed by atoms with E-state index in [-0.39, 0.29) is 20.1 Å². The standard InChI is InChI=1S/C43H35N2O.C17H22NSi.Ir/c1-27(2)33-17-11-18-34(28(3)4)41(33)45-39-22-9-8-21-38(39)44-43(45)36-20-12-19-35-37-26-32(23-24-40(37)46-42(35)36)31-16-10-15-30(25-31)29-13-6-5-7-14-29;1-13(2)15-11-16(14-9-7-6-8-10-14)18-12-17(15)19(3,4)5;/h5-19,21-28H,1-4H3;6-9,11-13H,1-5H3;/q2*-1;/i;13D;. The molecule has 1 radical (unpaired) electrons. The van der Waals surface area contributed by atoms with E-state index >= 15 is 0 Å². The molecule has 0 saturated carbocycles. The monoisotopic (exact) mass is 1060 g/mol. The molecule has 0 aliphatic rings. The molecule has 0 bridgehead atoms. The fourth-order valence-corrected chi connectivity index (χ4v) is 10.5. The third-order valence-electron chi connectivity index (χ3n) is 12.3. The van der Waals surface area contributed by atoms with Crippen molar-refractivity contribution in [3.8, 4) is 50.6 Å². The van der Waals surface area contributed by atoms with Gasteiger partial charge in [-0.15, -0.1) is 54.1 Å². The molecule has 0 unspecified atom stereocenters. The van der Waals surface area contributed by atoms with Crippen LogP contribution in [0.15, 0.2) is 168 Å². The molecule has 0 atom stereocenters. The van der Waals surface area contributed by atoms with E-state index in [1.807, 2.05) is 50.4 Å². The summed E-state index contributed by atoms with van der Waals surface area (Å²) in [6.45, 7) is 19.9. The number of hydrogen-bond donors (Lipinski definition) is 0. The molecular formula is C60H57IrN3OSi-2. The zero-order valence-electron chi connectivity index (χ0n) is 40.3. The van der Waals surface area contributed by atoms with Crippen molar-refractivity contribution in [2.45, 2.75) is 78.9 Å². The number of benzene rings is 7. The molecule has 6 heteroatoms. The number of aromatic nitrogens is 3.